The van der Waals surface area contributed by atoms with Crippen molar-refractivity contribution in [1.29, 1.82) is 0 Å². The van der Waals surface area contributed by atoms with Crippen LogP contribution in [0.5, 0.6) is 0 Å². The van der Waals surface area contributed by atoms with E-state index >= 15 is 0 Å². The van der Waals surface area contributed by atoms with Crippen LogP contribution in [0.1, 0.15) is 16.1 Å². The largest absolute Gasteiger partial charge is 0.364 e. The zero-order chi connectivity index (χ0) is 15.6. The Balaban J connectivity index is 2.36. The highest BCUT2D eigenvalue weighted by Crippen LogP contribution is 2.28. The fourth-order valence-electron chi connectivity index (χ4n) is 1.70. The Kier molecular flexibility index (Phi) is 4.18. The van der Waals surface area contributed by atoms with Crippen LogP contribution in [-0.2, 0) is 0 Å². The number of benzene rings is 1. The van der Waals surface area contributed by atoms with E-state index in [1.165, 1.54) is 24.4 Å². The van der Waals surface area contributed by atoms with Crippen LogP contribution >= 0.6 is 15.9 Å². The number of halogens is 1. The molecule has 1 aromatic carbocycles. The summed E-state index contributed by atoms with van der Waals surface area (Å²) in [5, 5.41) is 13.3. The van der Waals surface area contributed by atoms with Crippen LogP contribution < -0.4 is 10.7 Å². The molecule has 0 saturated carbocycles. The van der Waals surface area contributed by atoms with Gasteiger partial charge in [0.25, 0.3) is 11.6 Å². The minimum atomic E-state index is -0.707. The summed E-state index contributed by atoms with van der Waals surface area (Å²) in [5.41, 5.74) is -0.193. The maximum atomic E-state index is 12.0. The molecule has 2 aromatic rings. The van der Waals surface area contributed by atoms with Crippen molar-refractivity contribution >= 4 is 33.2 Å². The Hall–Kier alpha value is -2.48. The number of nitrogens with one attached hydrogen (secondary N) is 2. The summed E-state index contributed by atoms with van der Waals surface area (Å²) in [7, 11) is 0. The molecule has 1 amide bonds. The molecule has 108 valence electrons. The first-order valence-electron chi connectivity index (χ1n) is 5.83. The lowest BCUT2D eigenvalue weighted by atomic mass is 10.2. The zero-order valence-corrected chi connectivity index (χ0v) is 12.4. The second-order valence-corrected chi connectivity index (χ2v) is 5.18. The second-order valence-electron chi connectivity index (χ2n) is 4.27. The van der Waals surface area contributed by atoms with Crippen LogP contribution in [0, 0.1) is 17.0 Å². The van der Waals surface area contributed by atoms with Gasteiger partial charge in [0.15, 0.2) is 5.43 Å². The van der Waals surface area contributed by atoms with E-state index in [1.807, 2.05) is 0 Å². The van der Waals surface area contributed by atoms with Gasteiger partial charge in [-0.3, -0.25) is 19.7 Å². The Morgan fingerprint density at radius 2 is 2.10 bits per heavy atom. The number of nitro groups is 1. The molecular weight excluding hydrogens is 342 g/mol. The van der Waals surface area contributed by atoms with Crippen LogP contribution in [0.15, 0.2) is 39.7 Å². The lowest BCUT2D eigenvalue weighted by molar-refractivity contribution is -0.384. The maximum absolute atomic E-state index is 12.0. The number of amides is 1. The van der Waals surface area contributed by atoms with Gasteiger partial charge in [-0.05, 0) is 19.1 Å². The van der Waals surface area contributed by atoms with E-state index in [0.717, 1.165) is 0 Å². The predicted octanol–water partition coefficient (Wildman–Crippen LogP) is 2.61. The molecule has 0 aliphatic rings. The summed E-state index contributed by atoms with van der Waals surface area (Å²) < 4.78 is 0.514. The van der Waals surface area contributed by atoms with Crippen molar-refractivity contribution in [1.82, 2.24) is 4.98 Å². The standard InChI is InChI=1S/C13H10BrN3O4/c1-7-4-12(18)9(6-15-7)13(19)16-10-3-2-8(14)5-11(10)17(20)21/h2-6H,1H3,(H,15,18)(H,16,19). The van der Waals surface area contributed by atoms with Crippen molar-refractivity contribution in [2.24, 2.45) is 0 Å². The summed E-state index contributed by atoms with van der Waals surface area (Å²) in [6.45, 7) is 1.68. The molecule has 0 fully saturated rings. The van der Waals surface area contributed by atoms with Gasteiger partial charge in [-0.25, -0.2) is 0 Å². The molecule has 0 spiro atoms. The van der Waals surface area contributed by atoms with Gasteiger partial charge in [0.1, 0.15) is 11.3 Å². The molecular formula is C13H10BrN3O4. The summed E-state index contributed by atoms with van der Waals surface area (Å²) in [4.78, 5) is 36.9. The molecule has 0 atom stereocenters. The van der Waals surface area contributed by atoms with Gasteiger partial charge >= 0.3 is 0 Å². The average Bonchev–Trinajstić information content (AvgIpc) is 2.40. The number of nitro benzene ring substituents is 1. The number of carbonyl (C=O) groups excluding carboxylic acids is 1. The van der Waals surface area contributed by atoms with Crippen molar-refractivity contribution in [2.75, 3.05) is 5.32 Å². The summed E-state index contributed by atoms with van der Waals surface area (Å²) >= 11 is 3.12. The van der Waals surface area contributed by atoms with Crippen LogP contribution in [-0.4, -0.2) is 15.8 Å². The molecule has 2 rings (SSSR count). The molecule has 1 heterocycles. The number of hydrogen-bond acceptors (Lipinski definition) is 4. The molecule has 21 heavy (non-hydrogen) atoms. The van der Waals surface area contributed by atoms with Gasteiger partial charge in [-0.2, -0.15) is 0 Å². The van der Waals surface area contributed by atoms with Gasteiger partial charge in [0, 0.05) is 28.5 Å². The maximum Gasteiger partial charge on any atom is 0.293 e. The predicted molar refractivity (Wildman–Crippen MR) is 80.5 cm³/mol. The minimum absolute atomic E-state index is 0.0215. The number of pyridine rings is 1. The first-order valence-corrected chi connectivity index (χ1v) is 6.62. The highest BCUT2D eigenvalue weighted by atomic mass is 79.9. The Labute approximate surface area is 127 Å². The highest BCUT2D eigenvalue weighted by molar-refractivity contribution is 9.10. The van der Waals surface area contributed by atoms with E-state index < -0.39 is 16.3 Å². The molecule has 0 bridgehead atoms. The van der Waals surface area contributed by atoms with Crippen LogP contribution in [0.3, 0.4) is 0 Å². The molecule has 7 nitrogen and oxygen atoms in total. The van der Waals surface area contributed by atoms with Gasteiger partial charge in [-0.1, -0.05) is 15.9 Å². The van der Waals surface area contributed by atoms with Crippen molar-refractivity contribution in [2.45, 2.75) is 6.92 Å². The van der Waals surface area contributed by atoms with Gasteiger partial charge < -0.3 is 10.3 Å². The fourth-order valence-corrected chi connectivity index (χ4v) is 2.05. The number of anilines is 1. The number of aromatic amines is 1. The van der Waals surface area contributed by atoms with Gasteiger partial charge in [-0.15, -0.1) is 0 Å². The number of nitrogens with zero attached hydrogens (tertiary/aromatic N) is 1. The number of rotatable bonds is 3. The Bertz CT molecular complexity index is 785. The Morgan fingerprint density at radius 1 is 1.38 bits per heavy atom. The third-order valence-corrected chi connectivity index (χ3v) is 3.20. The molecule has 0 aliphatic heterocycles. The van der Waals surface area contributed by atoms with E-state index in [2.05, 4.69) is 26.2 Å². The van der Waals surface area contributed by atoms with Crippen molar-refractivity contribution in [3.8, 4) is 0 Å². The first-order chi connectivity index (χ1) is 9.88. The van der Waals surface area contributed by atoms with E-state index in [9.17, 15) is 19.7 Å². The highest BCUT2D eigenvalue weighted by Gasteiger charge is 2.18. The third-order valence-electron chi connectivity index (χ3n) is 2.71. The van der Waals surface area contributed by atoms with Crippen LogP contribution in [0.25, 0.3) is 0 Å². The normalized spacial score (nSPS) is 10.2. The third kappa shape index (κ3) is 3.34. The van der Waals surface area contributed by atoms with E-state index in [0.29, 0.717) is 10.2 Å². The van der Waals surface area contributed by atoms with Crippen LogP contribution in [0.2, 0.25) is 0 Å². The quantitative estimate of drug-likeness (QED) is 0.654. The number of aryl methyl sites for hydroxylation is 1. The molecule has 0 radical (unpaired) electrons. The van der Waals surface area contributed by atoms with Crippen LogP contribution in [0.4, 0.5) is 11.4 Å². The van der Waals surface area contributed by atoms with Crippen molar-refractivity contribution < 1.29 is 9.72 Å². The number of carbonyl (C=O) groups is 1. The molecule has 2 N–H and O–H groups in total. The molecule has 1 aromatic heterocycles. The van der Waals surface area contributed by atoms with Crippen molar-refractivity contribution in [3.05, 3.63) is 66.5 Å². The summed E-state index contributed by atoms with van der Waals surface area (Å²) in [5.74, 6) is -0.707. The molecule has 0 unspecified atom stereocenters. The lowest BCUT2D eigenvalue weighted by Gasteiger charge is -2.06. The van der Waals surface area contributed by atoms with Gasteiger partial charge in [0.05, 0.1) is 4.92 Å². The second kappa shape index (κ2) is 5.88. The Morgan fingerprint density at radius 3 is 2.71 bits per heavy atom. The molecule has 0 aliphatic carbocycles. The number of hydrogen-bond donors (Lipinski definition) is 2. The number of aromatic nitrogens is 1. The number of H-pyrrole nitrogens is 1. The molecule has 8 heteroatoms. The average molecular weight is 352 g/mol. The topological polar surface area (TPSA) is 105 Å². The minimum Gasteiger partial charge on any atom is -0.364 e. The fraction of sp³-hybridized carbons (Fsp3) is 0.0769. The van der Waals surface area contributed by atoms with E-state index in [1.54, 1.807) is 13.0 Å². The van der Waals surface area contributed by atoms with E-state index in [4.69, 9.17) is 0 Å². The molecule has 0 saturated heterocycles. The van der Waals surface area contributed by atoms with Gasteiger partial charge in [0.2, 0.25) is 0 Å². The summed E-state index contributed by atoms with van der Waals surface area (Å²) in [6, 6.07) is 5.50. The summed E-state index contributed by atoms with van der Waals surface area (Å²) in [6.07, 6.45) is 1.28. The zero-order valence-electron chi connectivity index (χ0n) is 10.8. The SMILES string of the molecule is Cc1cc(=O)c(C(=O)Nc2ccc(Br)cc2[N+](=O)[O-])c[nH]1. The van der Waals surface area contributed by atoms with Crippen molar-refractivity contribution in [3.63, 3.8) is 0 Å². The smallest absolute Gasteiger partial charge is 0.293 e. The monoisotopic (exact) mass is 351 g/mol. The first kappa shape index (κ1) is 14.9. The lowest BCUT2D eigenvalue weighted by Crippen LogP contribution is -2.22. The van der Waals surface area contributed by atoms with E-state index in [-0.39, 0.29) is 16.9 Å².